The lowest BCUT2D eigenvalue weighted by molar-refractivity contribution is -0.115. The van der Waals surface area contributed by atoms with Crippen LogP contribution in [0.4, 0.5) is 11.4 Å². The Bertz CT molecular complexity index is 1360. The van der Waals surface area contributed by atoms with Crippen LogP contribution in [0, 0.1) is 0 Å². The topological polar surface area (TPSA) is 107 Å². The molecule has 0 aliphatic carbocycles. The summed E-state index contributed by atoms with van der Waals surface area (Å²) in [6, 6.07) is 16.4. The number of nitrogens with one attached hydrogen (secondary N) is 2. The van der Waals surface area contributed by atoms with Gasteiger partial charge in [-0.2, -0.15) is 0 Å². The van der Waals surface area contributed by atoms with Crippen LogP contribution in [-0.4, -0.2) is 92.0 Å². The standard InChI is InChI=1S/C31H36N6O4/c1-41-26-6-3-23(4-7-26)21-29(38)34-27-22-25(31(40)37-17-13-33-14-18-37)5-8-28(27)35-15-2-16-36(20-19-35)30(39)24-9-11-32-12-10-24/h3-12,22,33H,2,13-21H2,1H3,(H,34,38). The Kier molecular flexibility index (Phi) is 9.10. The van der Waals surface area contributed by atoms with E-state index in [0.717, 1.165) is 36.5 Å². The van der Waals surface area contributed by atoms with Crippen LogP contribution in [0.2, 0.25) is 0 Å². The van der Waals surface area contributed by atoms with E-state index in [2.05, 4.69) is 20.5 Å². The van der Waals surface area contributed by atoms with Crippen molar-refractivity contribution in [3.63, 3.8) is 0 Å². The van der Waals surface area contributed by atoms with E-state index in [1.54, 1.807) is 37.7 Å². The second-order valence-corrected chi connectivity index (χ2v) is 10.2. The summed E-state index contributed by atoms with van der Waals surface area (Å²) in [7, 11) is 1.61. The molecule has 0 radical (unpaired) electrons. The lowest BCUT2D eigenvalue weighted by atomic mass is 10.1. The molecule has 2 aromatic carbocycles. The summed E-state index contributed by atoms with van der Waals surface area (Å²) in [5.41, 5.74) is 3.45. The molecule has 2 N–H and O–H groups in total. The fourth-order valence-electron chi connectivity index (χ4n) is 5.26. The van der Waals surface area contributed by atoms with Crippen molar-refractivity contribution in [2.24, 2.45) is 0 Å². The van der Waals surface area contributed by atoms with Crippen molar-refractivity contribution in [1.29, 1.82) is 0 Å². The molecule has 0 unspecified atom stereocenters. The molecule has 2 aliphatic rings. The normalized spacial score (nSPS) is 15.7. The van der Waals surface area contributed by atoms with Gasteiger partial charge in [0.25, 0.3) is 11.8 Å². The van der Waals surface area contributed by atoms with E-state index in [9.17, 15) is 14.4 Å². The predicted molar refractivity (Wildman–Crippen MR) is 158 cm³/mol. The number of anilines is 2. The molecule has 214 valence electrons. The van der Waals surface area contributed by atoms with Crippen molar-refractivity contribution in [2.75, 3.05) is 69.7 Å². The Morgan fingerprint density at radius 3 is 2.27 bits per heavy atom. The average molecular weight is 557 g/mol. The maximum absolute atomic E-state index is 13.3. The first kappa shape index (κ1) is 28.1. The predicted octanol–water partition coefficient (Wildman–Crippen LogP) is 2.67. The number of aromatic nitrogens is 1. The zero-order valence-electron chi connectivity index (χ0n) is 23.3. The van der Waals surface area contributed by atoms with Gasteiger partial charge in [0.15, 0.2) is 0 Å². The zero-order chi connectivity index (χ0) is 28.6. The number of methoxy groups -OCH3 is 1. The van der Waals surface area contributed by atoms with E-state index in [4.69, 9.17) is 4.74 Å². The van der Waals surface area contributed by atoms with Gasteiger partial charge in [-0.1, -0.05) is 12.1 Å². The van der Waals surface area contributed by atoms with Crippen LogP contribution in [0.3, 0.4) is 0 Å². The molecule has 1 aromatic heterocycles. The molecule has 0 bridgehead atoms. The monoisotopic (exact) mass is 556 g/mol. The second-order valence-electron chi connectivity index (χ2n) is 10.2. The lowest BCUT2D eigenvalue weighted by Crippen LogP contribution is -2.46. The first-order valence-corrected chi connectivity index (χ1v) is 14.0. The van der Waals surface area contributed by atoms with Crippen LogP contribution >= 0.6 is 0 Å². The molecule has 0 spiro atoms. The number of benzene rings is 2. The summed E-state index contributed by atoms with van der Waals surface area (Å²) in [5, 5.41) is 6.35. The number of ether oxygens (including phenoxy) is 1. The Morgan fingerprint density at radius 1 is 0.829 bits per heavy atom. The smallest absolute Gasteiger partial charge is 0.254 e. The summed E-state index contributed by atoms with van der Waals surface area (Å²) < 4.78 is 5.22. The molecule has 0 saturated carbocycles. The molecule has 3 amide bonds. The number of hydrogen-bond donors (Lipinski definition) is 2. The van der Waals surface area contributed by atoms with Crippen molar-refractivity contribution >= 4 is 29.1 Å². The molecular weight excluding hydrogens is 520 g/mol. The molecule has 0 atom stereocenters. The van der Waals surface area contributed by atoms with E-state index in [1.165, 1.54) is 0 Å². The summed E-state index contributed by atoms with van der Waals surface area (Å²) >= 11 is 0. The molecule has 3 heterocycles. The number of carbonyl (C=O) groups is 3. The third-order valence-corrected chi connectivity index (χ3v) is 7.50. The maximum Gasteiger partial charge on any atom is 0.254 e. The van der Waals surface area contributed by atoms with Gasteiger partial charge in [-0.15, -0.1) is 0 Å². The minimum atomic E-state index is -0.174. The van der Waals surface area contributed by atoms with Crippen LogP contribution in [0.15, 0.2) is 67.0 Å². The highest BCUT2D eigenvalue weighted by atomic mass is 16.5. The van der Waals surface area contributed by atoms with Crippen LogP contribution in [0.5, 0.6) is 5.75 Å². The number of nitrogens with zero attached hydrogens (tertiary/aromatic N) is 4. The largest absolute Gasteiger partial charge is 0.497 e. The molecule has 41 heavy (non-hydrogen) atoms. The zero-order valence-corrected chi connectivity index (χ0v) is 23.3. The maximum atomic E-state index is 13.3. The minimum absolute atomic E-state index is 0.0146. The lowest BCUT2D eigenvalue weighted by Gasteiger charge is -2.29. The molecule has 2 saturated heterocycles. The quantitative estimate of drug-likeness (QED) is 0.461. The van der Waals surface area contributed by atoms with Gasteiger partial charge in [-0.25, -0.2) is 0 Å². The number of rotatable bonds is 7. The first-order chi connectivity index (χ1) is 20.0. The number of hydrogen-bond acceptors (Lipinski definition) is 7. The van der Waals surface area contributed by atoms with Gasteiger partial charge in [0, 0.05) is 75.9 Å². The number of amides is 3. The van der Waals surface area contributed by atoms with Crippen LogP contribution in [0.25, 0.3) is 0 Å². The van der Waals surface area contributed by atoms with Crippen LogP contribution in [-0.2, 0) is 11.2 Å². The highest BCUT2D eigenvalue weighted by Gasteiger charge is 2.24. The highest BCUT2D eigenvalue weighted by Crippen LogP contribution is 2.30. The van der Waals surface area contributed by atoms with E-state index < -0.39 is 0 Å². The summed E-state index contributed by atoms with van der Waals surface area (Å²) in [6.45, 7) is 5.31. The van der Waals surface area contributed by atoms with Gasteiger partial charge in [-0.05, 0) is 54.4 Å². The molecule has 3 aromatic rings. The second kappa shape index (κ2) is 13.3. The number of pyridine rings is 1. The van der Waals surface area contributed by atoms with Gasteiger partial charge >= 0.3 is 0 Å². The van der Waals surface area contributed by atoms with Crippen LogP contribution in [0.1, 0.15) is 32.7 Å². The van der Waals surface area contributed by atoms with Gasteiger partial charge in [-0.3, -0.25) is 19.4 Å². The first-order valence-electron chi connectivity index (χ1n) is 14.0. The molecule has 10 heteroatoms. The molecule has 2 fully saturated rings. The summed E-state index contributed by atoms with van der Waals surface area (Å²) in [5.74, 6) is 0.494. The fraction of sp³-hybridized carbons (Fsp3) is 0.355. The highest BCUT2D eigenvalue weighted by molar-refractivity contribution is 6.00. The van der Waals surface area contributed by atoms with Gasteiger partial charge < -0.3 is 30.1 Å². The average Bonchev–Trinajstić information content (AvgIpc) is 3.28. The van der Waals surface area contributed by atoms with Crippen molar-refractivity contribution in [3.05, 3.63) is 83.7 Å². The van der Waals surface area contributed by atoms with Gasteiger partial charge in [0.05, 0.1) is 24.9 Å². The minimum Gasteiger partial charge on any atom is -0.497 e. The van der Waals surface area contributed by atoms with Crippen molar-refractivity contribution in [3.8, 4) is 5.75 Å². The fourth-order valence-corrected chi connectivity index (χ4v) is 5.26. The SMILES string of the molecule is COc1ccc(CC(=O)Nc2cc(C(=O)N3CCNCC3)ccc2N2CCCN(C(=O)c3ccncc3)CC2)cc1. The number of piperazine rings is 1. The Labute approximate surface area is 240 Å². The Morgan fingerprint density at radius 2 is 1.54 bits per heavy atom. The number of carbonyl (C=O) groups excluding carboxylic acids is 3. The van der Waals surface area contributed by atoms with Gasteiger partial charge in [0.1, 0.15) is 5.75 Å². The Balaban J connectivity index is 1.35. The van der Waals surface area contributed by atoms with Crippen molar-refractivity contribution < 1.29 is 19.1 Å². The van der Waals surface area contributed by atoms with E-state index in [-0.39, 0.29) is 24.1 Å². The van der Waals surface area contributed by atoms with E-state index in [0.29, 0.717) is 56.1 Å². The van der Waals surface area contributed by atoms with Crippen molar-refractivity contribution in [2.45, 2.75) is 12.8 Å². The van der Waals surface area contributed by atoms with Crippen molar-refractivity contribution in [1.82, 2.24) is 20.1 Å². The van der Waals surface area contributed by atoms with Crippen LogP contribution < -0.4 is 20.3 Å². The Hall–Kier alpha value is -4.44. The summed E-state index contributed by atoms with van der Waals surface area (Å²) in [4.78, 5) is 49.4. The third kappa shape index (κ3) is 7.01. The summed E-state index contributed by atoms with van der Waals surface area (Å²) in [6.07, 6.45) is 4.22. The van der Waals surface area contributed by atoms with E-state index >= 15 is 0 Å². The van der Waals surface area contributed by atoms with E-state index in [1.807, 2.05) is 46.2 Å². The molecule has 2 aliphatic heterocycles. The molecular formula is C31H36N6O4. The molecule has 10 nitrogen and oxygen atoms in total. The molecule has 5 rings (SSSR count). The van der Waals surface area contributed by atoms with Gasteiger partial charge in [0.2, 0.25) is 5.91 Å². The third-order valence-electron chi connectivity index (χ3n) is 7.50.